The largest absolute Gasteiger partial charge is 0.457 e. The molecule has 0 unspecified atom stereocenters. The van der Waals surface area contributed by atoms with Crippen molar-refractivity contribution in [3.63, 3.8) is 0 Å². The average Bonchev–Trinajstić information content (AvgIpc) is 3.39. The van der Waals surface area contributed by atoms with E-state index in [1.807, 2.05) is 66.9 Å². The summed E-state index contributed by atoms with van der Waals surface area (Å²) in [7, 11) is 0. The third-order valence-electron chi connectivity index (χ3n) is 4.74. The molecule has 0 saturated heterocycles. The second kappa shape index (κ2) is 8.85. The maximum absolute atomic E-state index is 12.4. The standard InChI is InChI=1S/C24H18BrN3O2/c25-19-5-3-4-16(12-19)23-9-8-20(30-23)13-18(14-26)24(29)27-11-10-17-15-28-22-7-2-1-6-21(17)22/h1-9,12-13,15,28H,10-11H2,(H,27,29)/b18-13+. The Kier molecular flexibility index (Phi) is 5.82. The van der Waals surface area contributed by atoms with Crippen LogP contribution < -0.4 is 5.32 Å². The lowest BCUT2D eigenvalue weighted by molar-refractivity contribution is -0.117. The first-order valence-electron chi connectivity index (χ1n) is 9.45. The summed E-state index contributed by atoms with van der Waals surface area (Å²) in [6, 6.07) is 21.3. The van der Waals surface area contributed by atoms with Crippen molar-refractivity contribution < 1.29 is 9.21 Å². The first-order valence-corrected chi connectivity index (χ1v) is 10.2. The Bertz CT molecular complexity index is 1280. The van der Waals surface area contributed by atoms with Crippen LogP contribution in [-0.2, 0) is 11.2 Å². The maximum atomic E-state index is 12.4. The molecule has 148 valence electrons. The molecule has 4 aromatic rings. The Morgan fingerprint density at radius 3 is 2.87 bits per heavy atom. The minimum Gasteiger partial charge on any atom is -0.457 e. The summed E-state index contributed by atoms with van der Waals surface area (Å²) in [6.45, 7) is 0.432. The molecule has 1 amide bonds. The molecule has 0 bridgehead atoms. The number of hydrogen-bond acceptors (Lipinski definition) is 3. The summed E-state index contributed by atoms with van der Waals surface area (Å²) in [4.78, 5) is 15.7. The zero-order valence-electron chi connectivity index (χ0n) is 16.0. The van der Waals surface area contributed by atoms with E-state index in [0.717, 1.165) is 26.5 Å². The number of nitriles is 1. The van der Waals surface area contributed by atoms with Gasteiger partial charge >= 0.3 is 0 Å². The van der Waals surface area contributed by atoms with Crippen molar-refractivity contribution in [2.24, 2.45) is 0 Å². The Morgan fingerprint density at radius 1 is 1.17 bits per heavy atom. The molecule has 0 spiro atoms. The molecule has 0 atom stereocenters. The van der Waals surface area contributed by atoms with E-state index in [1.165, 1.54) is 6.08 Å². The minimum absolute atomic E-state index is 0.00377. The van der Waals surface area contributed by atoms with Gasteiger partial charge in [-0.25, -0.2) is 0 Å². The van der Waals surface area contributed by atoms with Gasteiger partial charge in [0.1, 0.15) is 23.2 Å². The fourth-order valence-corrected chi connectivity index (χ4v) is 3.66. The van der Waals surface area contributed by atoms with E-state index >= 15 is 0 Å². The molecule has 6 heteroatoms. The number of hydrogen-bond donors (Lipinski definition) is 2. The number of carbonyl (C=O) groups is 1. The Labute approximate surface area is 182 Å². The second-order valence-corrected chi connectivity index (χ2v) is 7.66. The number of carbonyl (C=O) groups excluding carboxylic acids is 1. The van der Waals surface area contributed by atoms with Crippen LogP contribution in [0, 0.1) is 11.3 Å². The number of rotatable bonds is 6. The number of H-pyrrole nitrogens is 1. The number of benzene rings is 2. The predicted octanol–water partition coefficient (Wildman–Crippen LogP) is 5.46. The second-order valence-electron chi connectivity index (χ2n) is 6.75. The van der Waals surface area contributed by atoms with Crippen molar-refractivity contribution in [2.75, 3.05) is 6.54 Å². The van der Waals surface area contributed by atoms with Gasteiger partial charge in [0.05, 0.1) is 0 Å². The van der Waals surface area contributed by atoms with Crippen molar-refractivity contribution in [3.8, 4) is 17.4 Å². The van der Waals surface area contributed by atoms with Crippen LogP contribution in [0.4, 0.5) is 0 Å². The maximum Gasteiger partial charge on any atom is 0.262 e. The lowest BCUT2D eigenvalue weighted by Crippen LogP contribution is -2.26. The number of fused-ring (bicyclic) bond motifs is 1. The van der Waals surface area contributed by atoms with Gasteiger partial charge in [-0.05, 0) is 42.3 Å². The van der Waals surface area contributed by atoms with E-state index < -0.39 is 5.91 Å². The molecular formula is C24H18BrN3O2. The third kappa shape index (κ3) is 4.37. The summed E-state index contributed by atoms with van der Waals surface area (Å²) < 4.78 is 6.73. The zero-order chi connectivity index (χ0) is 20.9. The lowest BCUT2D eigenvalue weighted by atomic mass is 10.1. The molecular weight excluding hydrogens is 442 g/mol. The molecule has 0 aliphatic carbocycles. The number of aromatic nitrogens is 1. The number of nitrogens with one attached hydrogen (secondary N) is 2. The van der Waals surface area contributed by atoms with E-state index in [4.69, 9.17) is 4.42 Å². The first kappa shape index (κ1) is 19.7. The van der Waals surface area contributed by atoms with Crippen LogP contribution >= 0.6 is 15.9 Å². The van der Waals surface area contributed by atoms with Gasteiger partial charge in [0.25, 0.3) is 5.91 Å². The molecule has 0 saturated carbocycles. The van der Waals surface area contributed by atoms with Gasteiger partial charge in [-0.15, -0.1) is 0 Å². The SMILES string of the molecule is N#C/C(=C\c1ccc(-c2cccc(Br)c2)o1)C(=O)NCCc1c[nH]c2ccccc12. The van der Waals surface area contributed by atoms with Crippen LogP contribution in [0.2, 0.25) is 0 Å². The normalized spacial score (nSPS) is 11.4. The quantitative estimate of drug-likeness (QED) is 0.296. The van der Waals surface area contributed by atoms with Crippen molar-refractivity contribution in [3.05, 3.63) is 88.2 Å². The average molecular weight is 460 g/mol. The monoisotopic (exact) mass is 459 g/mol. The summed E-state index contributed by atoms with van der Waals surface area (Å²) in [5.74, 6) is 0.700. The highest BCUT2D eigenvalue weighted by atomic mass is 79.9. The molecule has 0 aliphatic heterocycles. The third-order valence-corrected chi connectivity index (χ3v) is 5.24. The van der Waals surface area contributed by atoms with Crippen molar-refractivity contribution in [1.29, 1.82) is 5.26 Å². The van der Waals surface area contributed by atoms with E-state index in [0.29, 0.717) is 24.5 Å². The van der Waals surface area contributed by atoms with Gasteiger partial charge in [0.15, 0.2) is 0 Å². The number of aromatic amines is 1. The van der Waals surface area contributed by atoms with E-state index in [2.05, 4.69) is 26.2 Å². The summed E-state index contributed by atoms with van der Waals surface area (Å²) in [5, 5.41) is 13.4. The molecule has 5 nitrogen and oxygen atoms in total. The Balaban J connectivity index is 1.41. The minimum atomic E-state index is -0.419. The van der Waals surface area contributed by atoms with E-state index in [9.17, 15) is 10.1 Å². The molecule has 2 aromatic carbocycles. The molecule has 2 aromatic heterocycles. The van der Waals surface area contributed by atoms with Crippen LogP contribution in [0.1, 0.15) is 11.3 Å². The lowest BCUT2D eigenvalue weighted by Gasteiger charge is -2.03. The smallest absolute Gasteiger partial charge is 0.262 e. The fraction of sp³-hybridized carbons (Fsp3) is 0.0833. The molecule has 4 rings (SSSR count). The highest BCUT2D eigenvalue weighted by Gasteiger charge is 2.11. The van der Waals surface area contributed by atoms with Crippen LogP contribution in [-0.4, -0.2) is 17.4 Å². The number of para-hydroxylation sites is 1. The van der Waals surface area contributed by atoms with Crippen LogP contribution in [0.25, 0.3) is 28.3 Å². The van der Waals surface area contributed by atoms with Crippen molar-refractivity contribution in [1.82, 2.24) is 10.3 Å². The number of halogens is 1. The molecule has 0 aliphatic rings. The van der Waals surface area contributed by atoms with E-state index in [1.54, 1.807) is 6.07 Å². The molecule has 0 fully saturated rings. The van der Waals surface area contributed by atoms with Gasteiger partial charge in [0.2, 0.25) is 0 Å². The first-order chi connectivity index (χ1) is 14.6. The highest BCUT2D eigenvalue weighted by Crippen LogP contribution is 2.26. The van der Waals surface area contributed by atoms with E-state index in [-0.39, 0.29) is 5.57 Å². The van der Waals surface area contributed by atoms with Gasteiger partial charge in [-0.3, -0.25) is 4.79 Å². The van der Waals surface area contributed by atoms with Crippen molar-refractivity contribution >= 4 is 38.8 Å². The van der Waals surface area contributed by atoms with Gasteiger partial charge in [-0.1, -0.05) is 46.3 Å². The van der Waals surface area contributed by atoms with Crippen LogP contribution in [0.5, 0.6) is 0 Å². The van der Waals surface area contributed by atoms with Crippen molar-refractivity contribution in [2.45, 2.75) is 6.42 Å². The predicted molar refractivity (Wildman–Crippen MR) is 120 cm³/mol. The molecule has 2 N–H and O–H groups in total. The molecule has 30 heavy (non-hydrogen) atoms. The Hall–Kier alpha value is -3.56. The van der Waals surface area contributed by atoms with Gasteiger partial charge in [0, 0.05) is 39.8 Å². The van der Waals surface area contributed by atoms with Crippen LogP contribution in [0.15, 0.2) is 81.3 Å². The summed E-state index contributed by atoms with van der Waals surface area (Å²) in [5.41, 5.74) is 3.10. The number of amides is 1. The summed E-state index contributed by atoms with van der Waals surface area (Å²) in [6.07, 6.45) is 4.08. The topological polar surface area (TPSA) is 81.8 Å². The molecule has 0 radical (unpaired) electrons. The number of furan rings is 1. The highest BCUT2D eigenvalue weighted by molar-refractivity contribution is 9.10. The summed E-state index contributed by atoms with van der Waals surface area (Å²) >= 11 is 3.44. The molecule has 2 heterocycles. The zero-order valence-corrected chi connectivity index (χ0v) is 17.6. The fourth-order valence-electron chi connectivity index (χ4n) is 3.26. The Morgan fingerprint density at radius 2 is 2.03 bits per heavy atom. The van der Waals surface area contributed by atoms with Crippen LogP contribution in [0.3, 0.4) is 0 Å². The number of nitrogens with zero attached hydrogens (tertiary/aromatic N) is 1. The van der Waals surface area contributed by atoms with Gasteiger partial charge in [-0.2, -0.15) is 5.26 Å². The van der Waals surface area contributed by atoms with Gasteiger partial charge < -0.3 is 14.7 Å².